The standard InChI is InChI=1S/C19H22N4O2/c1-19(2)9-13(12-24)11-23(19)18(25)22(3)17-8-14(10-20)15-6-4-5-7-16(15)21-17/h4-8,13,24H,9,11-12H2,1-3H3. The van der Waals surface area contributed by atoms with Crippen molar-refractivity contribution < 1.29 is 9.90 Å². The van der Waals surface area contributed by atoms with Gasteiger partial charge in [0.15, 0.2) is 0 Å². The fourth-order valence-electron chi connectivity index (χ4n) is 3.55. The quantitative estimate of drug-likeness (QED) is 0.913. The van der Waals surface area contributed by atoms with Crippen LogP contribution < -0.4 is 4.90 Å². The van der Waals surface area contributed by atoms with E-state index >= 15 is 0 Å². The first-order chi connectivity index (χ1) is 11.9. The molecule has 0 spiro atoms. The predicted molar refractivity (Wildman–Crippen MR) is 96.2 cm³/mol. The zero-order chi connectivity index (χ0) is 18.2. The third kappa shape index (κ3) is 3.03. The van der Waals surface area contributed by atoms with Crippen LogP contribution in [0.25, 0.3) is 10.9 Å². The minimum atomic E-state index is -0.326. The highest BCUT2D eigenvalue weighted by Crippen LogP contribution is 2.34. The Hall–Kier alpha value is -2.65. The lowest BCUT2D eigenvalue weighted by atomic mass is 9.97. The molecule has 3 rings (SSSR count). The van der Waals surface area contributed by atoms with Gasteiger partial charge in [-0.05, 0) is 32.4 Å². The summed E-state index contributed by atoms with van der Waals surface area (Å²) in [4.78, 5) is 20.8. The average molecular weight is 338 g/mol. The van der Waals surface area contributed by atoms with Crippen molar-refractivity contribution in [3.8, 4) is 6.07 Å². The van der Waals surface area contributed by atoms with Gasteiger partial charge in [0, 0.05) is 37.0 Å². The lowest BCUT2D eigenvalue weighted by Gasteiger charge is -2.34. The van der Waals surface area contributed by atoms with E-state index in [1.54, 1.807) is 18.0 Å². The minimum absolute atomic E-state index is 0.0731. The van der Waals surface area contributed by atoms with Crippen LogP contribution in [-0.2, 0) is 0 Å². The second kappa shape index (κ2) is 6.34. The number of para-hydroxylation sites is 1. The number of aromatic nitrogens is 1. The zero-order valence-electron chi connectivity index (χ0n) is 14.7. The third-order valence-electron chi connectivity index (χ3n) is 4.90. The summed E-state index contributed by atoms with van der Waals surface area (Å²) in [6, 6.07) is 11.1. The smallest absolute Gasteiger partial charge is 0.325 e. The number of benzene rings is 1. The molecule has 1 atom stereocenters. The van der Waals surface area contributed by atoms with Gasteiger partial charge in [0.2, 0.25) is 0 Å². The summed E-state index contributed by atoms with van der Waals surface area (Å²) in [7, 11) is 1.67. The summed E-state index contributed by atoms with van der Waals surface area (Å²) in [5.74, 6) is 0.537. The second-order valence-electron chi connectivity index (χ2n) is 7.17. The van der Waals surface area contributed by atoms with E-state index in [1.165, 1.54) is 4.90 Å². The number of rotatable bonds is 2. The summed E-state index contributed by atoms with van der Waals surface area (Å²) >= 11 is 0. The Morgan fingerprint density at radius 2 is 2.20 bits per heavy atom. The molecule has 2 amide bonds. The SMILES string of the molecule is CN(C(=O)N1CC(CO)CC1(C)C)c1cc(C#N)c2ccccc2n1. The number of carbonyl (C=O) groups is 1. The van der Waals surface area contributed by atoms with Crippen LogP contribution in [0.2, 0.25) is 0 Å². The van der Waals surface area contributed by atoms with Gasteiger partial charge in [-0.1, -0.05) is 18.2 Å². The van der Waals surface area contributed by atoms with Gasteiger partial charge >= 0.3 is 6.03 Å². The van der Waals surface area contributed by atoms with Crippen LogP contribution >= 0.6 is 0 Å². The molecular weight excluding hydrogens is 316 g/mol. The van der Waals surface area contributed by atoms with Crippen LogP contribution in [0, 0.1) is 17.2 Å². The number of likely N-dealkylation sites (tertiary alicyclic amines) is 1. The van der Waals surface area contributed by atoms with Crippen molar-refractivity contribution in [3.63, 3.8) is 0 Å². The minimum Gasteiger partial charge on any atom is -0.396 e. The first-order valence-corrected chi connectivity index (χ1v) is 8.33. The van der Waals surface area contributed by atoms with Crippen molar-refractivity contribution in [1.82, 2.24) is 9.88 Å². The molecule has 25 heavy (non-hydrogen) atoms. The monoisotopic (exact) mass is 338 g/mol. The van der Waals surface area contributed by atoms with E-state index in [2.05, 4.69) is 11.1 Å². The lowest BCUT2D eigenvalue weighted by Crippen LogP contribution is -2.49. The highest BCUT2D eigenvalue weighted by atomic mass is 16.3. The van der Waals surface area contributed by atoms with Crippen LogP contribution in [0.4, 0.5) is 10.6 Å². The molecule has 1 aliphatic rings. The Labute approximate surface area is 147 Å². The van der Waals surface area contributed by atoms with Crippen molar-refractivity contribution in [2.45, 2.75) is 25.8 Å². The molecule has 0 saturated carbocycles. The number of amides is 2. The van der Waals surface area contributed by atoms with E-state index in [0.717, 1.165) is 11.8 Å². The molecule has 1 N–H and O–H groups in total. The number of anilines is 1. The Balaban J connectivity index is 1.95. The topological polar surface area (TPSA) is 80.5 Å². The molecule has 1 unspecified atom stereocenters. The number of nitriles is 1. The molecule has 1 fully saturated rings. The van der Waals surface area contributed by atoms with Crippen LogP contribution in [0.1, 0.15) is 25.8 Å². The molecule has 0 bridgehead atoms. The first-order valence-electron chi connectivity index (χ1n) is 8.33. The van der Waals surface area contributed by atoms with Gasteiger partial charge in [-0.3, -0.25) is 4.90 Å². The molecule has 1 aromatic carbocycles. The number of aliphatic hydroxyl groups excluding tert-OH is 1. The molecule has 6 heteroatoms. The van der Waals surface area contributed by atoms with Crippen molar-refractivity contribution in [2.24, 2.45) is 5.92 Å². The van der Waals surface area contributed by atoms with Crippen molar-refractivity contribution in [2.75, 3.05) is 25.1 Å². The number of pyridine rings is 1. The number of urea groups is 1. The van der Waals surface area contributed by atoms with E-state index in [-0.39, 0.29) is 24.1 Å². The molecule has 1 aliphatic heterocycles. The van der Waals surface area contributed by atoms with E-state index in [9.17, 15) is 15.2 Å². The van der Waals surface area contributed by atoms with Crippen LogP contribution in [-0.4, -0.2) is 46.8 Å². The number of aliphatic hydroxyl groups is 1. The van der Waals surface area contributed by atoms with Crippen LogP contribution in [0.15, 0.2) is 30.3 Å². The normalized spacial score (nSPS) is 19.0. The van der Waals surface area contributed by atoms with Gasteiger partial charge in [0.05, 0.1) is 17.1 Å². The van der Waals surface area contributed by atoms with Gasteiger partial charge in [-0.2, -0.15) is 5.26 Å². The van der Waals surface area contributed by atoms with E-state index in [1.807, 2.05) is 38.1 Å². The molecule has 1 saturated heterocycles. The number of carbonyl (C=O) groups excluding carboxylic acids is 1. The molecule has 2 aromatic rings. The fraction of sp³-hybridized carbons (Fsp3) is 0.421. The number of hydrogen-bond acceptors (Lipinski definition) is 4. The summed E-state index contributed by atoms with van der Waals surface area (Å²) in [6.07, 6.45) is 0.762. The van der Waals surface area contributed by atoms with Gasteiger partial charge in [-0.25, -0.2) is 9.78 Å². The van der Waals surface area contributed by atoms with E-state index in [0.29, 0.717) is 23.4 Å². The van der Waals surface area contributed by atoms with Gasteiger partial charge < -0.3 is 10.0 Å². The Bertz CT molecular complexity index is 856. The molecule has 6 nitrogen and oxygen atoms in total. The van der Waals surface area contributed by atoms with Crippen molar-refractivity contribution >= 4 is 22.8 Å². The average Bonchev–Trinajstić information content (AvgIpc) is 2.94. The van der Waals surface area contributed by atoms with E-state index in [4.69, 9.17) is 0 Å². The number of hydrogen-bond donors (Lipinski definition) is 1. The summed E-state index contributed by atoms with van der Waals surface area (Å²) in [5, 5.41) is 19.6. The Morgan fingerprint density at radius 3 is 2.84 bits per heavy atom. The highest BCUT2D eigenvalue weighted by molar-refractivity contribution is 5.94. The predicted octanol–water partition coefficient (Wildman–Crippen LogP) is 2.76. The second-order valence-corrected chi connectivity index (χ2v) is 7.17. The molecule has 1 aromatic heterocycles. The molecule has 130 valence electrons. The molecule has 0 radical (unpaired) electrons. The zero-order valence-corrected chi connectivity index (χ0v) is 14.7. The highest BCUT2D eigenvalue weighted by Gasteiger charge is 2.42. The first kappa shape index (κ1) is 17.2. The Kier molecular flexibility index (Phi) is 4.36. The largest absolute Gasteiger partial charge is 0.396 e. The van der Waals surface area contributed by atoms with E-state index < -0.39 is 0 Å². The summed E-state index contributed by atoms with van der Waals surface area (Å²) in [6.45, 7) is 4.60. The number of fused-ring (bicyclic) bond motifs is 1. The third-order valence-corrected chi connectivity index (χ3v) is 4.90. The lowest BCUT2D eigenvalue weighted by molar-refractivity contribution is 0.171. The fourth-order valence-corrected chi connectivity index (χ4v) is 3.55. The molecule has 0 aliphatic carbocycles. The van der Waals surface area contributed by atoms with Gasteiger partial charge in [0.25, 0.3) is 0 Å². The maximum Gasteiger partial charge on any atom is 0.325 e. The maximum absolute atomic E-state index is 13.0. The van der Waals surface area contributed by atoms with Gasteiger partial charge in [-0.15, -0.1) is 0 Å². The Morgan fingerprint density at radius 1 is 1.48 bits per heavy atom. The summed E-state index contributed by atoms with van der Waals surface area (Å²) < 4.78 is 0. The number of nitrogens with zero attached hydrogens (tertiary/aromatic N) is 4. The van der Waals surface area contributed by atoms with Crippen molar-refractivity contribution in [1.29, 1.82) is 5.26 Å². The molecular formula is C19H22N4O2. The van der Waals surface area contributed by atoms with Crippen LogP contribution in [0.5, 0.6) is 0 Å². The van der Waals surface area contributed by atoms with Crippen molar-refractivity contribution in [3.05, 3.63) is 35.9 Å². The maximum atomic E-state index is 13.0. The molecule has 2 heterocycles. The van der Waals surface area contributed by atoms with Crippen LogP contribution in [0.3, 0.4) is 0 Å². The van der Waals surface area contributed by atoms with Gasteiger partial charge in [0.1, 0.15) is 5.82 Å². The summed E-state index contributed by atoms with van der Waals surface area (Å²) in [5.41, 5.74) is 0.854.